The molecule has 3 rings (SSSR count). The second-order valence-corrected chi connectivity index (χ2v) is 7.42. The summed E-state index contributed by atoms with van der Waals surface area (Å²) < 4.78 is 5.65. The summed E-state index contributed by atoms with van der Waals surface area (Å²) in [4.78, 5) is 6.68. The molecule has 2 fully saturated rings. The molecule has 112 valence electrons. The van der Waals surface area contributed by atoms with Crippen LogP contribution in [0.25, 0.3) is 0 Å². The Kier molecular flexibility index (Phi) is 4.46. The molecule has 0 radical (unpaired) electrons. The number of piperidine rings is 1. The number of hydrogen-bond donors (Lipinski definition) is 0. The van der Waals surface area contributed by atoms with Crippen LogP contribution in [-0.2, 0) is 11.3 Å². The smallest absolute Gasteiger partial charge is 0.0495 e. The molecule has 1 spiro atoms. The quantitative estimate of drug-likeness (QED) is 0.830. The first-order chi connectivity index (χ1) is 9.72. The summed E-state index contributed by atoms with van der Waals surface area (Å²) in [5.74, 6) is 0.759. The number of nitrogens with zero attached hydrogens (tertiary/aromatic N) is 2. The lowest BCUT2D eigenvalue weighted by Crippen LogP contribution is -2.71. The Morgan fingerprint density at radius 2 is 2.30 bits per heavy atom. The van der Waals surface area contributed by atoms with Crippen molar-refractivity contribution in [2.75, 3.05) is 39.9 Å². The highest BCUT2D eigenvalue weighted by atomic mass is 32.1. The van der Waals surface area contributed by atoms with Crippen LogP contribution in [0.15, 0.2) is 17.5 Å². The fourth-order valence-corrected chi connectivity index (χ4v) is 4.47. The molecule has 1 aromatic rings. The molecular weight excluding hydrogens is 268 g/mol. The fourth-order valence-electron chi connectivity index (χ4n) is 3.73. The van der Waals surface area contributed by atoms with Gasteiger partial charge in [-0.25, -0.2) is 0 Å². The van der Waals surface area contributed by atoms with Crippen LogP contribution in [0.1, 0.15) is 24.6 Å². The highest BCUT2D eigenvalue weighted by Crippen LogP contribution is 2.39. The summed E-state index contributed by atoms with van der Waals surface area (Å²) in [6, 6.07) is 4.40. The molecule has 2 saturated heterocycles. The summed E-state index contributed by atoms with van der Waals surface area (Å²) >= 11 is 1.87. The Hall–Kier alpha value is -0.420. The molecule has 4 heteroatoms. The summed E-state index contributed by atoms with van der Waals surface area (Å²) in [5.41, 5.74) is 0.428. The van der Waals surface area contributed by atoms with Gasteiger partial charge in [-0.2, -0.15) is 0 Å². The van der Waals surface area contributed by atoms with E-state index in [0.29, 0.717) is 5.54 Å². The van der Waals surface area contributed by atoms with E-state index in [1.807, 2.05) is 11.3 Å². The molecule has 0 unspecified atom stereocenters. The van der Waals surface area contributed by atoms with Crippen molar-refractivity contribution in [1.29, 1.82) is 0 Å². The van der Waals surface area contributed by atoms with Crippen molar-refractivity contribution >= 4 is 11.3 Å². The number of ether oxygens (including phenoxy) is 1. The van der Waals surface area contributed by atoms with Crippen LogP contribution in [0.3, 0.4) is 0 Å². The van der Waals surface area contributed by atoms with Gasteiger partial charge in [0.1, 0.15) is 0 Å². The minimum Gasteiger partial charge on any atom is -0.381 e. The molecule has 1 atom stereocenters. The van der Waals surface area contributed by atoms with E-state index in [-0.39, 0.29) is 0 Å². The van der Waals surface area contributed by atoms with Gasteiger partial charge in [0.2, 0.25) is 0 Å². The lowest BCUT2D eigenvalue weighted by Gasteiger charge is -2.58. The van der Waals surface area contributed by atoms with Crippen LogP contribution in [-0.4, -0.2) is 55.2 Å². The molecule has 1 aromatic heterocycles. The molecule has 0 saturated carbocycles. The molecule has 0 bridgehead atoms. The summed E-state index contributed by atoms with van der Waals surface area (Å²) in [6.45, 7) is 8.71. The van der Waals surface area contributed by atoms with E-state index in [1.54, 1.807) is 0 Å². The summed E-state index contributed by atoms with van der Waals surface area (Å²) in [5, 5.41) is 2.18. The summed E-state index contributed by atoms with van der Waals surface area (Å²) in [7, 11) is 2.30. The van der Waals surface area contributed by atoms with Gasteiger partial charge in [0, 0.05) is 43.3 Å². The van der Waals surface area contributed by atoms with Gasteiger partial charge in [0.05, 0.1) is 0 Å². The maximum atomic E-state index is 5.65. The Morgan fingerprint density at radius 1 is 1.45 bits per heavy atom. The molecule has 0 aliphatic carbocycles. The van der Waals surface area contributed by atoms with E-state index in [9.17, 15) is 0 Å². The van der Waals surface area contributed by atoms with Gasteiger partial charge >= 0.3 is 0 Å². The topological polar surface area (TPSA) is 15.7 Å². The average molecular weight is 294 g/mol. The van der Waals surface area contributed by atoms with Crippen molar-refractivity contribution in [3.05, 3.63) is 22.4 Å². The number of likely N-dealkylation sites (N-methyl/N-ethyl adjacent to an activating group) is 1. The van der Waals surface area contributed by atoms with Gasteiger partial charge in [0.15, 0.2) is 0 Å². The van der Waals surface area contributed by atoms with Gasteiger partial charge in [-0.3, -0.25) is 9.80 Å². The molecule has 0 aromatic carbocycles. The zero-order valence-electron chi connectivity index (χ0n) is 12.7. The standard InChI is InChI=1S/C16H26N2OS/c1-3-19-11-14-6-7-17(2)16(9-14)12-18(13-16)10-15-5-4-8-20-15/h4-5,8,14H,3,6-7,9-13H2,1-2H3/t14-/m0/s1. The van der Waals surface area contributed by atoms with Crippen LogP contribution in [0.2, 0.25) is 0 Å². The van der Waals surface area contributed by atoms with Crippen molar-refractivity contribution in [2.45, 2.75) is 31.8 Å². The van der Waals surface area contributed by atoms with Gasteiger partial charge in [-0.05, 0) is 50.7 Å². The van der Waals surface area contributed by atoms with Crippen molar-refractivity contribution < 1.29 is 4.74 Å². The highest BCUT2D eigenvalue weighted by Gasteiger charge is 2.49. The van der Waals surface area contributed by atoms with Gasteiger partial charge < -0.3 is 4.74 Å². The fraction of sp³-hybridized carbons (Fsp3) is 0.750. The Morgan fingerprint density at radius 3 is 3.00 bits per heavy atom. The van der Waals surface area contributed by atoms with Crippen molar-refractivity contribution in [1.82, 2.24) is 9.80 Å². The van der Waals surface area contributed by atoms with E-state index in [1.165, 1.54) is 37.4 Å². The second-order valence-electron chi connectivity index (χ2n) is 6.39. The molecule has 20 heavy (non-hydrogen) atoms. The largest absolute Gasteiger partial charge is 0.381 e. The third kappa shape index (κ3) is 2.93. The number of likely N-dealkylation sites (tertiary alicyclic amines) is 2. The average Bonchev–Trinajstić information content (AvgIpc) is 2.90. The zero-order valence-corrected chi connectivity index (χ0v) is 13.5. The minimum absolute atomic E-state index is 0.428. The number of hydrogen-bond acceptors (Lipinski definition) is 4. The van der Waals surface area contributed by atoms with Crippen molar-refractivity contribution in [3.63, 3.8) is 0 Å². The third-order valence-corrected chi connectivity index (χ3v) is 5.77. The minimum atomic E-state index is 0.428. The van der Waals surface area contributed by atoms with E-state index < -0.39 is 0 Å². The van der Waals surface area contributed by atoms with Crippen molar-refractivity contribution in [3.8, 4) is 0 Å². The molecule has 2 aliphatic rings. The predicted octanol–water partition coefficient (Wildman–Crippen LogP) is 2.68. The Bertz CT molecular complexity index is 412. The van der Waals surface area contributed by atoms with Crippen LogP contribution < -0.4 is 0 Å². The second kappa shape index (κ2) is 6.14. The van der Waals surface area contributed by atoms with Crippen LogP contribution in [0, 0.1) is 5.92 Å². The third-order valence-electron chi connectivity index (χ3n) is 4.90. The van der Waals surface area contributed by atoms with Gasteiger partial charge in [-0.15, -0.1) is 11.3 Å². The number of thiophene rings is 1. The van der Waals surface area contributed by atoms with Crippen LogP contribution >= 0.6 is 11.3 Å². The lowest BCUT2D eigenvalue weighted by molar-refractivity contribution is -0.0919. The van der Waals surface area contributed by atoms with Crippen LogP contribution in [0.5, 0.6) is 0 Å². The Balaban J connectivity index is 1.53. The molecule has 0 amide bonds. The first kappa shape index (κ1) is 14.5. The van der Waals surface area contributed by atoms with E-state index in [4.69, 9.17) is 4.74 Å². The zero-order chi connectivity index (χ0) is 14.0. The first-order valence-electron chi connectivity index (χ1n) is 7.75. The molecule has 2 aliphatic heterocycles. The van der Waals surface area contributed by atoms with E-state index in [2.05, 4.69) is 41.3 Å². The monoisotopic (exact) mass is 294 g/mol. The number of rotatable bonds is 5. The van der Waals surface area contributed by atoms with Crippen LogP contribution in [0.4, 0.5) is 0 Å². The molecular formula is C16H26N2OS. The van der Waals surface area contributed by atoms with Crippen molar-refractivity contribution in [2.24, 2.45) is 5.92 Å². The van der Waals surface area contributed by atoms with E-state index in [0.717, 1.165) is 25.7 Å². The predicted molar refractivity (Wildman–Crippen MR) is 84.2 cm³/mol. The SMILES string of the molecule is CCOC[C@H]1CCN(C)C2(C1)CN(Cc1cccs1)C2. The lowest BCUT2D eigenvalue weighted by atomic mass is 9.75. The van der Waals surface area contributed by atoms with E-state index >= 15 is 0 Å². The maximum Gasteiger partial charge on any atom is 0.0495 e. The molecule has 0 N–H and O–H groups in total. The highest BCUT2D eigenvalue weighted by molar-refractivity contribution is 7.09. The molecule has 3 nitrogen and oxygen atoms in total. The normalized spacial score (nSPS) is 26.8. The van der Waals surface area contributed by atoms with Gasteiger partial charge in [-0.1, -0.05) is 6.07 Å². The Labute approximate surface area is 126 Å². The first-order valence-corrected chi connectivity index (χ1v) is 8.63. The molecule has 3 heterocycles. The van der Waals surface area contributed by atoms with Gasteiger partial charge in [0.25, 0.3) is 0 Å². The maximum absolute atomic E-state index is 5.65. The summed E-state index contributed by atoms with van der Waals surface area (Å²) in [6.07, 6.45) is 2.60.